The van der Waals surface area contributed by atoms with Crippen LogP contribution in [0.25, 0.3) is 0 Å². The zero-order valence-corrected chi connectivity index (χ0v) is 14.8. The first-order valence-electron chi connectivity index (χ1n) is 8.31. The zero-order valence-electron chi connectivity index (χ0n) is 14.8. The number of hydrogen-bond acceptors (Lipinski definition) is 6. The van der Waals surface area contributed by atoms with Crippen molar-refractivity contribution < 1.29 is 18.9 Å². The molecule has 0 atom stereocenters. The first kappa shape index (κ1) is 18.2. The third-order valence-electron chi connectivity index (χ3n) is 3.69. The van der Waals surface area contributed by atoms with Crippen molar-refractivity contribution in [3.8, 4) is 5.75 Å². The molecule has 7 heteroatoms. The van der Waals surface area contributed by atoms with Crippen molar-refractivity contribution >= 4 is 12.1 Å². The maximum atomic E-state index is 12.1. The van der Waals surface area contributed by atoms with E-state index >= 15 is 0 Å². The molecule has 0 bridgehead atoms. The zero-order chi connectivity index (χ0) is 18.9. The SMILES string of the molecule is COc1ccc(C(=O)NCc2cc(/C=N/OCc3ccccc3)no2)cc1. The van der Waals surface area contributed by atoms with Gasteiger partial charge in [-0.1, -0.05) is 40.6 Å². The molecule has 2 aromatic carbocycles. The molecule has 1 N–H and O–H groups in total. The van der Waals surface area contributed by atoms with E-state index in [1.165, 1.54) is 6.21 Å². The number of aromatic nitrogens is 1. The van der Waals surface area contributed by atoms with Crippen molar-refractivity contribution in [3.63, 3.8) is 0 Å². The molecular weight excluding hydrogens is 346 g/mol. The number of oxime groups is 1. The third-order valence-corrected chi connectivity index (χ3v) is 3.69. The lowest BCUT2D eigenvalue weighted by molar-refractivity contribution is 0.0947. The van der Waals surface area contributed by atoms with Crippen LogP contribution >= 0.6 is 0 Å². The van der Waals surface area contributed by atoms with Gasteiger partial charge in [0.25, 0.3) is 5.91 Å². The Kier molecular flexibility index (Phi) is 6.19. The van der Waals surface area contributed by atoms with Crippen LogP contribution in [0.5, 0.6) is 5.75 Å². The Bertz CT molecular complexity index is 889. The van der Waals surface area contributed by atoms with Crippen molar-refractivity contribution in [1.29, 1.82) is 0 Å². The molecule has 0 saturated carbocycles. The minimum absolute atomic E-state index is 0.213. The second-order valence-corrected chi connectivity index (χ2v) is 5.62. The molecule has 1 amide bonds. The number of rotatable bonds is 8. The molecule has 0 aliphatic rings. The number of carbonyl (C=O) groups excluding carboxylic acids is 1. The smallest absolute Gasteiger partial charge is 0.251 e. The highest BCUT2D eigenvalue weighted by molar-refractivity contribution is 5.94. The summed E-state index contributed by atoms with van der Waals surface area (Å²) < 4.78 is 10.2. The molecule has 0 unspecified atom stereocenters. The molecule has 0 saturated heterocycles. The van der Waals surface area contributed by atoms with Gasteiger partial charge < -0.3 is 19.4 Å². The highest BCUT2D eigenvalue weighted by atomic mass is 16.6. The Morgan fingerprint density at radius 3 is 2.70 bits per heavy atom. The van der Waals surface area contributed by atoms with Gasteiger partial charge in [0, 0.05) is 11.6 Å². The summed E-state index contributed by atoms with van der Waals surface area (Å²) in [5.74, 6) is 0.997. The van der Waals surface area contributed by atoms with Crippen LogP contribution in [0.1, 0.15) is 27.4 Å². The van der Waals surface area contributed by atoms with Gasteiger partial charge in [-0.15, -0.1) is 0 Å². The lowest BCUT2D eigenvalue weighted by Gasteiger charge is -2.04. The number of nitrogens with zero attached hydrogens (tertiary/aromatic N) is 2. The van der Waals surface area contributed by atoms with Crippen LogP contribution in [0.2, 0.25) is 0 Å². The molecule has 138 valence electrons. The van der Waals surface area contributed by atoms with Crippen molar-refractivity contribution in [2.45, 2.75) is 13.2 Å². The van der Waals surface area contributed by atoms with Gasteiger partial charge in [0.1, 0.15) is 18.1 Å². The van der Waals surface area contributed by atoms with Crippen molar-refractivity contribution in [3.05, 3.63) is 83.2 Å². The van der Waals surface area contributed by atoms with Gasteiger partial charge in [-0.05, 0) is 29.8 Å². The molecule has 1 heterocycles. The Morgan fingerprint density at radius 2 is 1.96 bits per heavy atom. The summed E-state index contributed by atoms with van der Waals surface area (Å²) in [4.78, 5) is 17.3. The van der Waals surface area contributed by atoms with Gasteiger partial charge in [0.15, 0.2) is 5.76 Å². The topological polar surface area (TPSA) is 86.0 Å². The van der Waals surface area contributed by atoms with Crippen LogP contribution < -0.4 is 10.1 Å². The number of carbonyl (C=O) groups is 1. The standard InChI is InChI=1S/C20H19N3O4/c1-25-18-9-7-16(8-10-18)20(24)21-13-19-11-17(23-27-19)12-22-26-14-15-5-3-2-4-6-15/h2-12H,13-14H2,1H3,(H,21,24)/b22-12+. The fourth-order valence-corrected chi connectivity index (χ4v) is 2.26. The van der Waals surface area contributed by atoms with Gasteiger partial charge in [0.05, 0.1) is 19.9 Å². The van der Waals surface area contributed by atoms with E-state index in [1.54, 1.807) is 37.4 Å². The van der Waals surface area contributed by atoms with E-state index in [1.807, 2.05) is 30.3 Å². The molecule has 0 fully saturated rings. The van der Waals surface area contributed by atoms with Crippen LogP contribution in [0, 0.1) is 0 Å². The van der Waals surface area contributed by atoms with Crippen LogP contribution in [0.4, 0.5) is 0 Å². The van der Waals surface area contributed by atoms with E-state index in [2.05, 4.69) is 15.6 Å². The second-order valence-electron chi connectivity index (χ2n) is 5.62. The summed E-state index contributed by atoms with van der Waals surface area (Å²) in [6.45, 7) is 0.594. The lowest BCUT2D eigenvalue weighted by atomic mass is 10.2. The Labute approximate surface area is 156 Å². The van der Waals surface area contributed by atoms with E-state index < -0.39 is 0 Å². The largest absolute Gasteiger partial charge is 0.497 e. The molecule has 0 aliphatic heterocycles. The van der Waals surface area contributed by atoms with E-state index in [0.29, 0.717) is 29.4 Å². The highest BCUT2D eigenvalue weighted by Gasteiger charge is 2.08. The molecule has 27 heavy (non-hydrogen) atoms. The predicted octanol–water partition coefficient (Wildman–Crippen LogP) is 3.16. The van der Waals surface area contributed by atoms with E-state index in [9.17, 15) is 4.79 Å². The summed E-state index contributed by atoms with van der Waals surface area (Å²) in [5.41, 5.74) is 2.07. The van der Waals surface area contributed by atoms with Crippen LogP contribution in [-0.2, 0) is 18.0 Å². The number of methoxy groups -OCH3 is 1. The predicted molar refractivity (Wildman–Crippen MR) is 99.5 cm³/mol. The molecule has 3 rings (SSSR count). The van der Waals surface area contributed by atoms with Gasteiger partial charge in [-0.3, -0.25) is 4.79 Å². The second kappa shape index (κ2) is 9.19. The molecule has 0 radical (unpaired) electrons. The first-order valence-corrected chi connectivity index (χ1v) is 8.31. The van der Waals surface area contributed by atoms with E-state index in [4.69, 9.17) is 14.1 Å². The quantitative estimate of drug-likeness (QED) is 0.489. The lowest BCUT2D eigenvalue weighted by Crippen LogP contribution is -2.22. The molecule has 3 aromatic rings. The fourth-order valence-electron chi connectivity index (χ4n) is 2.26. The third kappa shape index (κ3) is 5.43. The molecule has 0 spiro atoms. The number of amides is 1. The maximum absolute atomic E-state index is 12.1. The molecule has 7 nitrogen and oxygen atoms in total. The summed E-state index contributed by atoms with van der Waals surface area (Å²) in [5, 5.41) is 10.5. The van der Waals surface area contributed by atoms with Gasteiger partial charge in [-0.2, -0.15) is 0 Å². The number of nitrogens with one attached hydrogen (secondary N) is 1. The summed E-state index contributed by atoms with van der Waals surface area (Å²) in [6, 6.07) is 18.2. The first-order chi connectivity index (χ1) is 13.2. The van der Waals surface area contributed by atoms with Gasteiger partial charge in [0.2, 0.25) is 0 Å². The van der Waals surface area contributed by atoms with E-state index in [-0.39, 0.29) is 12.5 Å². The molecule has 1 aromatic heterocycles. The number of ether oxygens (including phenoxy) is 1. The minimum Gasteiger partial charge on any atom is -0.497 e. The van der Waals surface area contributed by atoms with E-state index in [0.717, 1.165) is 5.56 Å². The maximum Gasteiger partial charge on any atom is 0.251 e. The number of benzene rings is 2. The minimum atomic E-state index is -0.213. The Hall–Kier alpha value is -3.61. The van der Waals surface area contributed by atoms with Gasteiger partial charge in [-0.25, -0.2) is 0 Å². The number of hydrogen-bond donors (Lipinski definition) is 1. The van der Waals surface area contributed by atoms with Crippen LogP contribution in [0.15, 0.2) is 70.3 Å². The van der Waals surface area contributed by atoms with Crippen molar-refractivity contribution in [2.24, 2.45) is 5.16 Å². The van der Waals surface area contributed by atoms with Crippen molar-refractivity contribution in [2.75, 3.05) is 7.11 Å². The Balaban J connectivity index is 1.45. The van der Waals surface area contributed by atoms with Crippen LogP contribution in [0.3, 0.4) is 0 Å². The molecule has 0 aliphatic carbocycles. The monoisotopic (exact) mass is 365 g/mol. The normalized spacial score (nSPS) is 10.7. The summed E-state index contributed by atoms with van der Waals surface area (Å²) >= 11 is 0. The van der Waals surface area contributed by atoms with Crippen LogP contribution in [-0.4, -0.2) is 24.4 Å². The molecular formula is C20H19N3O4. The average molecular weight is 365 g/mol. The summed E-state index contributed by atoms with van der Waals surface area (Å²) in [7, 11) is 1.58. The highest BCUT2D eigenvalue weighted by Crippen LogP contribution is 2.11. The van der Waals surface area contributed by atoms with Gasteiger partial charge >= 0.3 is 0 Å². The Morgan fingerprint density at radius 1 is 1.19 bits per heavy atom. The van der Waals surface area contributed by atoms with Crippen molar-refractivity contribution in [1.82, 2.24) is 10.5 Å². The average Bonchev–Trinajstić information content (AvgIpc) is 3.18. The summed E-state index contributed by atoms with van der Waals surface area (Å²) in [6.07, 6.45) is 1.46. The fraction of sp³-hybridized carbons (Fsp3) is 0.150.